The minimum Gasteiger partial charge on any atom is -0.393 e. The van der Waals surface area contributed by atoms with Gasteiger partial charge in [-0.1, -0.05) is 6.42 Å². The number of alkyl halides is 1. The number of nitrogens with one attached hydrogen (secondary N) is 1. The maximum absolute atomic E-state index is 12.4. The van der Waals surface area contributed by atoms with Gasteiger partial charge in [0.1, 0.15) is 0 Å². The number of aryl methyl sites for hydroxylation is 2. The smallest absolute Gasteiger partial charge is 0.255 e. The van der Waals surface area contributed by atoms with Crippen LogP contribution in [0.2, 0.25) is 0 Å². The van der Waals surface area contributed by atoms with Crippen molar-refractivity contribution in [3.8, 4) is 0 Å². The summed E-state index contributed by atoms with van der Waals surface area (Å²) in [6.07, 6.45) is 3.56. The Morgan fingerprint density at radius 2 is 2.24 bits per heavy atom. The summed E-state index contributed by atoms with van der Waals surface area (Å²) in [5.41, 5.74) is 2.24. The zero-order valence-electron chi connectivity index (χ0n) is 12.7. The second kappa shape index (κ2) is 7.27. The molecule has 1 aromatic heterocycles. The van der Waals surface area contributed by atoms with Gasteiger partial charge in [-0.05, 0) is 39.0 Å². The summed E-state index contributed by atoms with van der Waals surface area (Å²) in [6.45, 7) is 4.97. The first-order valence-electron chi connectivity index (χ1n) is 7.59. The number of halogens is 1. The van der Waals surface area contributed by atoms with Gasteiger partial charge in [-0.15, -0.1) is 11.6 Å². The van der Waals surface area contributed by atoms with Crippen molar-refractivity contribution in [1.82, 2.24) is 15.1 Å². The first kappa shape index (κ1) is 16.3. The van der Waals surface area contributed by atoms with E-state index in [0.29, 0.717) is 30.5 Å². The van der Waals surface area contributed by atoms with Gasteiger partial charge in [-0.2, -0.15) is 5.10 Å². The summed E-state index contributed by atoms with van der Waals surface area (Å²) in [6, 6.07) is 0. The molecule has 0 radical (unpaired) electrons. The number of hydrogen-bond acceptors (Lipinski definition) is 3. The summed E-state index contributed by atoms with van der Waals surface area (Å²) in [5, 5.41) is 17.0. The minimum absolute atomic E-state index is 0.0779. The van der Waals surface area contributed by atoms with Gasteiger partial charge in [0.05, 0.1) is 23.9 Å². The van der Waals surface area contributed by atoms with E-state index in [1.807, 2.05) is 13.8 Å². The number of aliphatic hydroxyl groups is 1. The number of nitrogens with zero attached hydrogens (tertiary/aromatic N) is 2. The van der Waals surface area contributed by atoms with Crippen molar-refractivity contribution in [2.75, 3.05) is 12.4 Å². The van der Waals surface area contributed by atoms with Crippen molar-refractivity contribution in [3.05, 3.63) is 17.0 Å². The first-order chi connectivity index (χ1) is 10.0. The fourth-order valence-corrected chi connectivity index (χ4v) is 3.26. The van der Waals surface area contributed by atoms with E-state index in [2.05, 4.69) is 10.4 Å². The zero-order valence-corrected chi connectivity index (χ0v) is 13.5. The van der Waals surface area contributed by atoms with Crippen LogP contribution in [-0.4, -0.2) is 39.3 Å². The van der Waals surface area contributed by atoms with E-state index in [0.717, 1.165) is 37.1 Å². The monoisotopic (exact) mass is 313 g/mol. The number of carbonyl (C=O) groups is 1. The molecule has 2 rings (SSSR count). The lowest BCUT2D eigenvalue weighted by Crippen LogP contribution is -2.33. The predicted molar refractivity (Wildman–Crippen MR) is 82.7 cm³/mol. The third-order valence-electron chi connectivity index (χ3n) is 4.21. The van der Waals surface area contributed by atoms with Crippen LogP contribution in [0.5, 0.6) is 0 Å². The summed E-state index contributed by atoms with van der Waals surface area (Å²) in [5.74, 6) is 0.769. The topological polar surface area (TPSA) is 67.2 Å². The lowest BCUT2D eigenvalue weighted by Gasteiger charge is -2.25. The van der Waals surface area contributed by atoms with Crippen LogP contribution < -0.4 is 5.32 Å². The highest BCUT2D eigenvalue weighted by Gasteiger charge is 2.23. The second-order valence-corrected chi connectivity index (χ2v) is 6.23. The van der Waals surface area contributed by atoms with Crippen LogP contribution in [0.25, 0.3) is 0 Å². The van der Waals surface area contributed by atoms with Gasteiger partial charge in [0.15, 0.2) is 0 Å². The van der Waals surface area contributed by atoms with Crippen LogP contribution in [-0.2, 0) is 6.54 Å². The van der Waals surface area contributed by atoms with Crippen LogP contribution in [0, 0.1) is 19.8 Å². The average Bonchev–Trinajstić information content (AvgIpc) is 2.72. The van der Waals surface area contributed by atoms with Gasteiger partial charge in [-0.25, -0.2) is 0 Å². The van der Waals surface area contributed by atoms with Gasteiger partial charge in [0, 0.05) is 18.1 Å². The summed E-state index contributed by atoms with van der Waals surface area (Å²) in [7, 11) is 0. The Balaban J connectivity index is 1.97. The fourth-order valence-electron chi connectivity index (χ4n) is 3.10. The molecule has 0 aliphatic heterocycles. The molecule has 1 aromatic rings. The van der Waals surface area contributed by atoms with E-state index in [1.54, 1.807) is 4.68 Å². The molecule has 2 N–H and O–H groups in total. The normalized spacial score (nSPS) is 22.3. The SMILES string of the molecule is Cc1nn(CCCl)c(C)c1C(=O)NCC1CCCC(O)C1. The molecule has 1 saturated carbocycles. The molecule has 0 spiro atoms. The third kappa shape index (κ3) is 3.98. The number of aliphatic hydroxyl groups excluding tert-OH is 1. The van der Waals surface area contributed by atoms with Crippen LogP contribution in [0.15, 0.2) is 0 Å². The van der Waals surface area contributed by atoms with Crippen molar-refractivity contribution < 1.29 is 9.90 Å². The lowest BCUT2D eigenvalue weighted by atomic mass is 9.87. The standard InChI is InChI=1S/C15H24ClN3O2/c1-10-14(11(2)19(18-10)7-6-16)15(21)17-9-12-4-3-5-13(20)8-12/h12-13,20H,3-9H2,1-2H3,(H,17,21). The molecule has 1 fully saturated rings. The van der Waals surface area contributed by atoms with Crippen molar-refractivity contribution in [2.45, 2.75) is 52.2 Å². The van der Waals surface area contributed by atoms with Crippen LogP contribution >= 0.6 is 11.6 Å². The van der Waals surface area contributed by atoms with Crippen LogP contribution in [0.3, 0.4) is 0 Å². The molecule has 1 aliphatic carbocycles. The molecule has 118 valence electrons. The molecule has 1 heterocycles. The summed E-state index contributed by atoms with van der Waals surface area (Å²) < 4.78 is 1.78. The minimum atomic E-state index is -0.212. The van der Waals surface area contributed by atoms with E-state index in [1.165, 1.54) is 0 Å². The Labute approximate surface area is 130 Å². The first-order valence-corrected chi connectivity index (χ1v) is 8.12. The fraction of sp³-hybridized carbons (Fsp3) is 0.733. The van der Waals surface area contributed by atoms with Crippen molar-refractivity contribution >= 4 is 17.5 Å². The van der Waals surface area contributed by atoms with Crippen molar-refractivity contribution in [2.24, 2.45) is 5.92 Å². The molecule has 2 atom stereocenters. The highest BCUT2D eigenvalue weighted by Crippen LogP contribution is 2.23. The zero-order chi connectivity index (χ0) is 15.4. The Bertz CT molecular complexity index is 501. The van der Waals surface area contributed by atoms with E-state index in [9.17, 15) is 9.90 Å². The highest BCUT2D eigenvalue weighted by atomic mass is 35.5. The van der Waals surface area contributed by atoms with Gasteiger partial charge >= 0.3 is 0 Å². The predicted octanol–water partition coefficient (Wildman–Crippen LogP) is 2.02. The Kier molecular flexibility index (Phi) is 5.65. The van der Waals surface area contributed by atoms with E-state index >= 15 is 0 Å². The third-order valence-corrected chi connectivity index (χ3v) is 4.38. The number of carbonyl (C=O) groups excluding carboxylic acids is 1. The summed E-state index contributed by atoms with van der Waals surface area (Å²) >= 11 is 5.74. The lowest BCUT2D eigenvalue weighted by molar-refractivity contribution is 0.0873. The number of hydrogen-bond donors (Lipinski definition) is 2. The van der Waals surface area contributed by atoms with E-state index < -0.39 is 0 Å². The maximum atomic E-state index is 12.4. The molecule has 0 bridgehead atoms. The average molecular weight is 314 g/mol. The molecule has 5 nitrogen and oxygen atoms in total. The maximum Gasteiger partial charge on any atom is 0.255 e. The molecule has 1 amide bonds. The van der Waals surface area contributed by atoms with Crippen molar-refractivity contribution in [3.63, 3.8) is 0 Å². The molecule has 6 heteroatoms. The van der Waals surface area contributed by atoms with E-state index in [-0.39, 0.29) is 12.0 Å². The molecule has 21 heavy (non-hydrogen) atoms. The summed E-state index contributed by atoms with van der Waals surface area (Å²) in [4.78, 5) is 12.4. The van der Waals surface area contributed by atoms with Crippen LogP contribution in [0.4, 0.5) is 0 Å². The van der Waals surface area contributed by atoms with Crippen molar-refractivity contribution in [1.29, 1.82) is 0 Å². The Morgan fingerprint density at radius 1 is 1.48 bits per heavy atom. The molecular formula is C15H24ClN3O2. The molecule has 2 unspecified atom stereocenters. The number of amides is 1. The second-order valence-electron chi connectivity index (χ2n) is 5.85. The molecule has 0 saturated heterocycles. The molecule has 1 aliphatic rings. The Morgan fingerprint density at radius 3 is 2.90 bits per heavy atom. The quantitative estimate of drug-likeness (QED) is 0.817. The number of aromatic nitrogens is 2. The van der Waals surface area contributed by atoms with Crippen LogP contribution in [0.1, 0.15) is 47.4 Å². The van der Waals surface area contributed by atoms with Gasteiger partial charge < -0.3 is 10.4 Å². The molecule has 0 aromatic carbocycles. The Hall–Kier alpha value is -1.07. The number of rotatable bonds is 5. The molecular weight excluding hydrogens is 290 g/mol. The van der Waals surface area contributed by atoms with Gasteiger partial charge in [0.2, 0.25) is 0 Å². The van der Waals surface area contributed by atoms with Gasteiger partial charge in [-0.3, -0.25) is 9.48 Å². The highest BCUT2D eigenvalue weighted by molar-refractivity contribution is 6.17. The van der Waals surface area contributed by atoms with Gasteiger partial charge in [0.25, 0.3) is 5.91 Å². The van der Waals surface area contributed by atoms with E-state index in [4.69, 9.17) is 11.6 Å². The largest absolute Gasteiger partial charge is 0.393 e.